The second kappa shape index (κ2) is 9.67. The van der Waals surface area contributed by atoms with Gasteiger partial charge in [-0.05, 0) is 86.7 Å². The molecule has 2 amide bonds. The summed E-state index contributed by atoms with van der Waals surface area (Å²) in [5, 5.41) is 6.26. The minimum Gasteiger partial charge on any atom is -0.493 e. The summed E-state index contributed by atoms with van der Waals surface area (Å²) >= 11 is 0. The third kappa shape index (κ3) is 4.58. The number of hydrogen-bond acceptors (Lipinski definition) is 5. The zero-order valence-corrected chi connectivity index (χ0v) is 21.4. The maximum absolute atomic E-state index is 13.4. The van der Waals surface area contributed by atoms with Gasteiger partial charge in [0.05, 0.1) is 21.3 Å². The molecule has 4 aliphatic carbocycles. The Morgan fingerprint density at radius 1 is 0.853 bits per heavy atom. The summed E-state index contributed by atoms with van der Waals surface area (Å²) in [6.45, 7) is 6.08. The largest absolute Gasteiger partial charge is 0.493 e. The highest BCUT2D eigenvalue weighted by atomic mass is 16.5. The van der Waals surface area contributed by atoms with Gasteiger partial charge < -0.3 is 24.8 Å². The van der Waals surface area contributed by atoms with Gasteiger partial charge in [-0.3, -0.25) is 9.59 Å². The van der Waals surface area contributed by atoms with Gasteiger partial charge in [-0.15, -0.1) is 0 Å². The van der Waals surface area contributed by atoms with E-state index in [1.807, 2.05) is 13.8 Å². The number of hydrogen-bond donors (Lipinski definition) is 2. The summed E-state index contributed by atoms with van der Waals surface area (Å²) in [5.74, 6) is 3.16. The van der Waals surface area contributed by atoms with Gasteiger partial charge in [0.1, 0.15) is 6.04 Å². The smallest absolute Gasteiger partial charge is 0.252 e. The van der Waals surface area contributed by atoms with Crippen molar-refractivity contribution in [3.63, 3.8) is 0 Å². The molecule has 34 heavy (non-hydrogen) atoms. The second-order valence-corrected chi connectivity index (χ2v) is 11.1. The van der Waals surface area contributed by atoms with Crippen LogP contribution >= 0.6 is 0 Å². The van der Waals surface area contributed by atoms with Crippen molar-refractivity contribution < 1.29 is 23.8 Å². The first-order valence-corrected chi connectivity index (χ1v) is 12.6. The molecule has 1 aromatic carbocycles. The fourth-order valence-electron chi connectivity index (χ4n) is 7.14. The predicted molar refractivity (Wildman–Crippen MR) is 130 cm³/mol. The first-order chi connectivity index (χ1) is 16.2. The minimum atomic E-state index is -0.636. The zero-order valence-electron chi connectivity index (χ0n) is 21.4. The molecule has 4 fully saturated rings. The average molecular weight is 473 g/mol. The van der Waals surface area contributed by atoms with Crippen LogP contribution in [0.5, 0.6) is 17.2 Å². The Bertz CT molecular complexity index is 867. The van der Waals surface area contributed by atoms with Gasteiger partial charge in [-0.1, -0.05) is 13.8 Å². The number of ether oxygens (including phenoxy) is 3. The van der Waals surface area contributed by atoms with Gasteiger partial charge in [-0.25, -0.2) is 0 Å². The van der Waals surface area contributed by atoms with Crippen molar-refractivity contribution in [1.29, 1.82) is 0 Å². The van der Waals surface area contributed by atoms with Gasteiger partial charge >= 0.3 is 0 Å². The highest BCUT2D eigenvalue weighted by molar-refractivity contribution is 5.98. The lowest BCUT2D eigenvalue weighted by Crippen LogP contribution is -2.59. The first-order valence-electron chi connectivity index (χ1n) is 12.6. The number of carbonyl (C=O) groups excluding carboxylic acids is 2. The molecule has 4 aliphatic rings. The summed E-state index contributed by atoms with van der Waals surface area (Å²) in [6.07, 6.45) is 7.80. The molecule has 0 aliphatic heterocycles. The van der Waals surface area contributed by atoms with Crippen LogP contribution in [0.2, 0.25) is 0 Å². The van der Waals surface area contributed by atoms with Crippen molar-refractivity contribution >= 4 is 11.8 Å². The third-order valence-electron chi connectivity index (χ3n) is 8.53. The highest BCUT2D eigenvalue weighted by Crippen LogP contribution is 2.61. The molecule has 4 bridgehead atoms. The Morgan fingerprint density at radius 3 is 1.76 bits per heavy atom. The van der Waals surface area contributed by atoms with Gasteiger partial charge in [0.15, 0.2) is 11.5 Å². The second-order valence-electron chi connectivity index (χ2n) is 11.1. The molecule has 0 heterocycles. The molecule has 2 atom stereocenters. The van der Waals surface area contributed by atoms with Crippen LogP contribution < -0.4 is 24.8 Å². The average Bonchev–Trinajstić information content (AvgIpc) is 2.79. The minimum absolute atomic E-state index is 0.0606. The number of rotatable bonds is 9. The molecule has 0 saturated heterocycles. The molecule has 7 heteroatoms. The molecule has 188 valence electrons. The molecular formula is C27H40N2O5. The Morgan fingerprint density at radius 2 is 1.35 bits per heavy atom. The number of benzene rings is 1. The lowest BCUT2D eigenvalue weighted by atomic mass is 9.48. The van der Waals surface area contributed by atoms with E-state index in [1.54, 1.807) is 12.1 Å². The van der Waals surface area contributed by atoms with Crippen LogP contribution in [0.15, 0.2) is 12.1 Å². The zero-order chi connectivity index (χ0) is 24.6. The van der Waals surface area contributed by atoms with Crippen LogP contribution in [0, 0.1) is 29.1 Å². The number of carbonyl (C=O) groups is 2. The van der Waals surface area contributed by atoms with Crippen LogP contribution in [-0.4, -0.2) is 45.2 Å². The van der Waals surface area contributed by atoms with Crippen LogP contribution in [-0.2, 0) is 4.79 Å². The summed E-state index contributed by atoms with van der Waals surface area (Å²) < 4.78 is 16.1. The Balaban J connectivity index is 1.47. The van der Waals surface area contributed by atoms with Crippen LogP contribution in [0.25, 0.3) is 0 Å². The molecular weight excluding hydrogens is 432 g/mol. The molecule has 0 spiro atoms. The van der Waals surface area contributed by atoms with Gasteiger partial charge in [0, 0.05) is 11.6 Å². The fraction of sp³-hybridized carbons (Fsp3) is 0.704. The summed E-state index contributed by atoms with van der Waals surface area (Å²) in [4.78, 5) is 26.6. The van der Waals surface area contributed by atoms with E-state index < -0.39 is 6.04 Å². The molecule has 2 N–H and O–H groups in total. The maximum atomic E-state index is 13.4. The monoisotopic (exact) mass is 472 g/mol. The van der Waals surface area contributed by atoms with Crippen LogP contribution in [0.4, 0.5) is 0 Å². The molecule has 5 rings (SSSR count). The Hall–Kier alpha value is -2.44. The van der Waals surface area contributed by atoms with Crippen LogP contribution in [0.3, 0.4) is 0 Å². The molecule has 4 saturated carbocycles. The Kier molecular flexibility index (Phi) is 7.02. The normalized spacial score (nSPS) is 28.9. The van der Waals surface area contributed by atoms with Crippen molar-refractivity contribution in [2.24, 2.45) is 29.1 Å². The molecule has 7 nitrogen and oxygen atoms in total. The highest BCUT2D eigenvalue weighted by Gasteiger charge is 2.53. The van der Waals surface area contributed by atoms with E-state index in [0.717, 1.165) is 17.8 Å². The van der Waals surface area contributed by atoms with Gasteiger partial charge in [-0.2, -0.15) is 0 Å². The van der Waals surface area contributed by atoms with E-state index in [9.17, 15) is 9.59 Å². The molecule has 0 radical (unpaired) electrons. The van der Waals surface area contributed by atoms with Crippen LogP contribution in [0.1, 0.15) is 69.7 Å². The van der Waals surface area contributed by atoms with E-state index in [-0.39, 0.29) is 29.2 Å². The van der Waals surface area contributed by atoms with E-state index in [1.165, 1.54) is 59.9 Å². The van der Waals surface area contributed by atoms with Gasteiger partial charge in [0.2, 0.25) is 11.7 Å². The molecule has 1 aromatic rings. The van der Waals surface area contributed by atoms with Crippen molar-refractivity contribution in [2.75, 3.05) is 21.3 Å². The number of amides is 2. The molecule has 0 aromatic heterocycles. The predicted octanol–water partition coefficient (Wildman–Crippen LogP) is 4.19. The third-order valence-corrected chi connectivity index (χ3v) is 8.53. The van der Waals surface area contributed by atoms with Crippen molar-refractivity contribution in [1.82, 2.24) is 10.6 Å². The van der Waals surface area contributed by atoms with Crippen molar-refractivity contribution in [3.05, 3.63) is 17.7 Å². The topological polar surface area (TPSA) is 85.9 Å². The van der Waals surface area contributed by atoms with E-state index in [0.29, 0.717) is 22.8 Å². The summed E-state index contributed by atoms with van der Waals surface area (Å²) in [5.41, 5.74) is 0.564. The van der Waals surface area contributed by atoms with Crippen molar-refractivity contribution in [3.8, 4) is 17.2 Å². The number of nitrogens with one attached hydrogen (secondary N) is 2. The lowest BCUT2D eigenvalue weighted by Gasteiger charge is -2.59. The Labute approximate surface area is 203 Å². The van der Waals surface area contributed by atoms with E-state index in [4.69, 9.17) is 14.2 Å². The summed E-state index contributed by atoms with van der Waals surface area (Å²) in [6, 6.07) is 2.67. The van der Waals surface area contributed by atoms with E-state index >= 15 is 0 Å². The first kappa shape index (κ1) is 24.7. The SMILES string of the molecule is COc1cc(C(=O)N[C@H](C(=O)N[C@@H](C)C23CC4CC(CC(C4)C2)C3)C(C)C)cc(OC)c1OC. The fourth-order valence-corrected chi connectivity index (χ4v) is 7.14. The quantitative estimate of drug-likeness (QED) is 0.563. The number of methoxy groups -OCH3 is 3. The van der Waals surface area contributed by atoms with E-state index in [2.05, 4.69) is 17.6 Å². The standard InChI is InChI=1S/C27H40N2O5/c1-15(2)23(29-25(30)20-10-21(32-4)24(34-6)22(11-20)33-5)26(31)28-16(3)27-12-17-7-18(13-27)9-19(8-17)14-27/h10-11,15-19,23H,7-9,12-14H2,1-6H3,(H,28,31)(H,29,30)/t16-,17?,18?,19?,23-,27?/m0/s1. The van der Waals surface area contributed by atoms with Gasteiger partial charge in [0.25, 0.3) is 5.91 Å². The molecule has 0 unspecified atom stereocenters. The van der Waals surface area contributed by atoms with Crippen molar-refractivity contribution in [2.45, 2.75) is 71.4 Å². The lowest BCUT2D eigenvalue weighted by molar-refractivity contribution is -0.128. The summed E-state index contributed by atoms with van der Waals surface area (Å²) in [7, 11) is 4.54. The maximum Gasteiger partial charge on any atom is 0.252 e.